The minimum absolute atomic E-state index is 0.114. The number of nitrogens with zero attached hydrogens (tertiary/aromatic N) is 3. The van der Waals surface area contributed by atoms with Gasteiger partial charge in [0.1, 0.15) is 0 Å². The monoisotopic (exact) mass is 517 g/mol. The van der Waals surface area contributed by atoms with Crippen LogP contribution in [0.1, 0.15) is 5.56 Å². The van der Waals surface area contributed by atoms with Crippen LogP contribution in [0, 0.1) is 0 Å². The summed E-state index contributed by atoms with van der Waals surface area (Å²) in [5, 5.41) is 14.2. The fourth-order valence-corrected chi connectivity index (χ4v) is 4.96. The van der Waals surface area contributed by atoms with Crippen LogP contribution < -0.4 is 14.8 Å². The number of thioether (sulfide) groups is 1. The molecule has 10 heteroatoms. The van der Waals surface area contributed by atoms with Gasteiger partial charge in [-0.2, -0.15) is 0 Å². The minimum Gasteiger partial charge on any atom is -0.454 e. The van der Waals surface area contributed by atoms with Crippen molar-refractivity contribution in [3.8, 4) is 28.6 Å². The number of nitrogens with one attached hydrogen (secondary N) is 2. The molecule has 1 aliphatic heterocycles. The van der Waals surface area contributed by atoms with E-state index in [4.69, 9.17) is 21.1 Å². The van der Waals surface area contributed by atoms with E-state index in [0.29, 0.717) is 34.0 Å². The highest BCUT2D eigenvalue weighted by Crippen LogP contribution is 2.34. The summed E-state index contributed by atoms with van der Waals surface area (Å²) in [6.07, 6.45) is 1.92. The van der Waals surface area contributed by atoms with Crippen molar-refractivity contribution in [3.05, 3.63) is 83.5 Å². The molecule has 0 bridgehead atoms. The maximum atomic E-state index is 12.7. The first-order valence-corrected chi connectivity index (χ1v) is 12.6. The van der Waals surface area contributed by atoms with Crippen molar-refractivity contribution in [2.45, 2.75) is 11.7 Å². The van der Waals surface area contributed by atoms with Crippen molar-refractivity contribution in [2.75, 3.05) is 12.5 Å². The largest absolute Gasteiger partial charge is 0.454 e. The number of benzene rings is 3. The fourth-order valence-electron chi connectivity index (χ4n) is 4.05. The van der Waals surface area contributed by atoms with Crippen LogP contribution in [0.5, 0.6) is 11.5 Å². The Labute approximate surface area is 215 Å². The van der Waals surface area contributed by atoms with Gasteiger partial charge in [0.05, 0.1) is 5.75 Å². The Morgan fingerprint density at radius 2 is 1.89 bits per heavy atom. The molecule has 0 saturated heterocycles. The second kappa shape index (κ2) is 9.60. The topological polar surface area (TPSA) is 94.1 Å². The smallest absolute Gasteiger partial charge is 0.231 e. The lowest BCUT2D eigenvalue weighted by atomic mass is 10.1. The average Bonchev–Trinajstić information content (AvgIpc) is 3.64. The molecule has 1 amide bonds. The number of hydrogen-bond acceptors (Lipinski definition) is 6. The van der Waals surface area contributed by atoms with Gasteiger partial charge in [-0.1, -0.05) is 47.6 Å². The molecule has 2 N–H and O–H groups in total. The lowest BCUT2D eigenvalue weighted by molar-refractivity contribution is -0.118. The SMILES string of the molecule is O=C(CSc1nnc(-c2c[nH]c3ccccc23)n1-c1ccc(Cl)cc1)NCc1ccc2c(c1)OCO2. The van der Waals surface area contributed by atoms with Gasteiger partial charge in [-0.3, -0.25) is 9.36 Å². The Bertz CT molecular complexity index is 1560. The summed E-state index contributed by atoms with van der Waals surface area (Å²) in [7, 11) is 0. The number of aromatic nitrogens is 4. The Hall–Kier alpha value is -3.95. The molecule has 0 atom stereocenters. The molecule has 36 heavy (non-hydrogen) atoms. The van der Waals surface area contributed by atoms with Gasteiger partial charge in [-0.05, 0) is 48.0 Å². The first-order valence-electron chi connectivity index (χ1n) is 11.2. The van der Waals surface area contributed by atoms with Crippen LogP contribution in [0.3, 0.4) is 0 Å². The maximum Gasteiger partial charge on any atom is 0.231 e. The van der Waals surface area contributed by atoms with E-state index < -0.39 is 0 Å². The van der Waals surface area contributed by atoms with E-state index in [1.807, 2.05) is 77.5 Å². The Balaban J connectivity index is 1.23. The lowest BCUT2D eigenvalue weighted by Gasteiger charge is -2.10. The molecule has 0 fully saturated rings. The number of H-pyrrole nitrogens is 1. The Morgan fingerprint density at radius 1 is 1.06 bits per heavy atom. The molecule has 0 spiro atoms. The lowest BCUT2D eigenvalue weighted by Crippen LogP contribution is -2.24. The molecule has 1 aliphatic rings. The van der Waals surface area contributed by atoms with Crippen LogP contribution in [-0.4, -0.2) is 38.2 Å². The molecule has 0 unspecified atom stereocenters. The van der Waals surface area contributed by atoms with Crippen LogP contribution in [0.15, 0.2) is 78.1 Å². The van der Waals surface area contributed by atoms with E-state index >= 15 is 0 Å². The quantitative estimate of drug-likeness (QED) is 0.288. The normalized spacial score (nSPS) is 12.2. The van der Waals surface area contributed by atoms with E-state index in [2.05, 4.69) is 20.5 Å². The zero-order valence-corrected chi connectivity index (χ0v) is 20.5. The molecule has 3 aromatic carbocycles. The maximum absolute atomic E-state index is 12.7. The first kappa shape index (κ1) is 22.5. The van der Waals surface area contributed by atoms with Crippen molar-refractivity contribution >= 4 is 40.2 Å². The van der Waals surface area contributed by atoms with E-state index in [1.165, 1.54) is 11.8 Å². The number of amides is 1. The molecule has 8 nitrogen and oxygen atoms in total. The number of carbonyl (C=O) groups excluding carboxylic acids is 1. The summed E-state index contributed by atoms with van der Waals surface area (Å²) >= 11 is 7.45. The van der Waals surface area contributed by atoms with Gasteiger partial charge < -0.3 is 19.8 Å². The van der Waals surface area contributed by atoms with Crippen LogP contribution in [0.2, 0.25) is 5.02 Å². The highest BCUT2D eigenvalue weighted by molar-refractivity contribution is 7.99. The van der Waals surface area contributed by atoms with Crippen molar-refractivity contribution in [1.29, 1.82) is 0 Å². The summed E-state index contributed by atoms with van der Waals surface area (Å²) in [6, 6.07) is 21.1. The van der Waals surface area contributed by atoms with Gasteiger partial charge in [-0.15, -0.1) is 10.2 Å². The van der Waals surface area contributed by atoms with Crippen molar-refractivity contribution in [1.82, 2.24) is 25.1 Å². The fraction of sp³-hybridized carbons (Fsp3) is 0.115. The molecular weight excluding hydrogens is 498 g/mol. The highest BCUT2D eigenvalue weighted by atomic mass is 35.5. The number of fused-ring (bicyclic) bond motifs is 2. The Kier molecular flexibility index (Phi) is 6.00. The van der Waals surface area contributed by atoms with Crippen LogP contribution in [0.25, 0.3) is 28.0 Å². The number of para-hydroxylation sites is 1. The predicted molar refractivity (Wildman–Crippen MR) is 139 cm³/mol. The zero-order chi connectivity index (χ0) is 24.5. The summed E-state index contributed by atoms with van der Waals surface area (Å²) in [6.45, 7) is 0.608. The number of carbonyl (C=O) groups is 1. The van der Waals surface area contributed by atoms with E-state index in [-0.39, 0.29) is 18.5 Å². The number of hydrogen-bond donors (Lipinski definition) is 2. The molecule has 2 aromatic heterocycles. The van der Waals surface area contributed by atoms with Gasteiger partial charge in [0, 0.05) is 39.9 Å². The van der Waals surface area contributed by atoms with E-state index in [1.54, 1.807) is 0 Å². The summed E-state index contributed by atoms with van der Waals surface area (Å²) in [4.78, 5) is 16.0. The summed E-state index contributed by atoms with van der Waals surface area (Å²) in [5.74, 6) is 2.16. The summed E-state index contributed by atoms with van der Waals surface area (Å²) in [5.41, 5.74) is 3.72. The number of rotatable bonds is 7. The van der Waals surface area contributed by atoms with Crippen LogP contribution in [0.4, 0.5) is 0 Å². The van der Waals surface area contributed by atoms with Crippen molar-refractivity contribution in [3.63, 3.8) is 0 Å². The minimum atomic E-state index is -0.114. The van der Waals surface area contributed by atoms with Crippen LogP contribution in [-0.2, 0) is 11.3 Å². The third kappa shape index (κ3) is 4.38. The Morgan fingerprint density at radius 3 is 2.78 bits per heavy atom. The molecule has 0 saturated carbocycles. The third-order valence-electron chi connectivity index (χ3n) is 5.81. The summed E-state index contributed by atoms with van der Waals surface area (Å²) < 4.78 is 12.7. The molecular formula is C26H20ClN5O3S. The second-order valence-corrected chi connectivity index (χ2v) is 9.50. The van der Waals surface area contributed by atoms with Gasteiger partial charge in [0.2, 0.25) is 12.7 Å². The molecule has 3 heterocycles. The van der Waals surface area contributed by atoms with Crippen molar-refractivity contribution in [2.24, 2.45) is 0 Å². The third-order valence-corrected chi connectivity index (χ3v) is 6.99. The zero-order valence-electron chi connectivity index (χ0n) is 18.9. The first-order chi connectivity index (χ1) is 17.7. The molecule has 0 radical (unpaired) electrons. The van der Waals surface area contributed by atoms with Crippen LogP contribution >= 0.6 is 23.4 Å². The molecule has 180 valence electrons. The molecule has 5 aromatic rings. The second-order valence-electron chi connectivity index (χ2n) is 8.12. The predicted octanol–water partition coefficient (Wildman–Crippen LogP) is 5.21. The van der Waals surface area contributed by atoms with Crippen molar-refractivity contribution < 1.29 is 14.3 Å². The molecule has 6 rings (SSSR count). The number of ether oxygens (including phenoxy) is 2. The van der Waals surface area contributed by atoms with E-state index in [0.717, 1.165) is 27.7 Å². The highest BCUT2D eigenvalue weighted by Gasteiger charge is 2.20. The van der Waals surface area contributed by atoms with Gasteiger partial charge >= 0.3 is 0 Å². The average molecular weight is 518 g/mol. The number of halogens is 1. The standard InChI is InChI=1S/C26H20ClN5O3S/c27-17-6-8-18(9-7-17)32-25(20-13-28-21-4-2-1-3-19(20)21)30-31-26(32)36-14-24(33)29-12-16-5-10-22-23(11-16)35-15-34-22/h1-11,13,28H,12,14-15H2,(H,29,33). The van der Waals surface area contributed by atoms with E-state index in [9.17, 15) is 4.79 Å². The van der Waals surface area contributed by atoms with Gasteiger partial charge in [-0.25, -0.2) is 0 Å². The molecule has 0 aliphatic carbocycles. The van der Waals surface area contributed by atoms with Gasteiger partial charge in [0.25, 0.3) is 0 Å². The van der Waals surface area contributed by atoms with Gasteiger partial charge in [0.15, 0.2) is 22.5 Å². The number of aromatic amines is 1.